The van der Waals surface area contributed by atoms with E-state index in [1.807, 2.05) is 13.8 Å². The summed E-state index contributed by atoms with van der Waals surface area (Å²) in [5, 5.41) is 0. The van der Waals surface area contributed by atoms with E-state index >= 15 is 0 Å². The molecule has 2 atom stereocenters. The Morgan fingerprint density at radius 2 is 1.50 bits per heavy atom. The molecule has 1 aliphatic carbocycles. The fraction of sp³-hybridized carbons (Fsp3) is 0.875. The number of methoxy groups -OCH3 is 3. The summed E-state index contributed by atoms with van der Waals surface area (Å²) in [6, 6.07) is 0.848. The molecule has 0 radical (unpaired) electrons. The Balaban J connectivity index is 3.52. The van der Waals surface area contributed by atoms with Gasteiger partial charge in [-0.25, -0.2) is 0 Å². The molecule has 0 aromatic rings. The number of carbonyl (C=O) groups is 2. The summed E-state index contributed by atoms with van der Waals surface area (Å²) >= 11 is 0. The molecule has 6 heteroatoms. The quantitative estimate of drug-likeness (QED) is 0.441. The summed E-state index contributed by atoms with van der Waals surface area (Å²) in [6.45, 7) is 10.5. The van der Waals surface area contributed by atoms with Gasteiger partial charge in [0.1, 0.15) is 0 Å². The van der Waals surface area contributed by atoms with E-state index in [9.17, 15) is 9.59 Å². The highest BCUT2D eigenvalue weighted by Crippen LogP contribution is 2.60. The highest BCUT2D eigenvalue weighted by Gasteiger charge is 2.70. The van der Waals surface area contributed by atoms with Crippen LogP contribution in [-0.2, 0) is 23.8 Å². The molecule has 0 spiro atoms. The lowest BCUT2D eigenvalue weighted by atomic mass is 9.63. The summed E-state index contributed by atoms with van der Waals surface area (Å²) in [5.74, 6) is -1.14. The Labute approximate surface area is 134 Å². The highest BCUT2D eigenvalue weighted by molar-refractivity contribution is 6.76. The minimum absolute atomic E-state index is 0.126. The fourth-order valence-corrected chi connectivity index (χ4v) is 6.09. The zero-order chi connectivity index (χ0) is 17.3. The van der Waals surface area contributed by atoms with E-state index in [2.05, 4.69) is 19.6 Å². The summed E-state index contributed by atoms with van der Waals surface area (Å²) in [5.41, 5.74) is -2.00. The molecule has 0 saturated heterocycles. The number of hydrogen-bond donors (Lipinski definition) is 0. The van der Waals surface area contributed by atoms with Crippen molar-refractivity contribution in [1.82, 2.24) is 0 Å². The Morgan fingerprint density at radius 1 is 1.05 bits per heavy atom. The Morgan fingerprint density at radius 3 is 1.82 bits per heavy atom. The molecule has 1 aliphatic rings. The largest absolute Gasteiger partial charge is 0.468 e. The molecular weight excluding hydrogens is 300 g/mol. The lowest BCUT2D eigenvalue weighted by Gasteiger charge is -2.42. The van der Waals surface area contributed by atoms with Gasteiger partial charge in [-0.05, 0) is 12.3 Å². The maximum atomic E-state index is 12.7. The molecule has 1 fully saturated rings. The van der Waals surface area contributed by atoms with Crippen molar-refractivity contribution < 1.29 is 23.8 Å². The maximum Gasteiger partial charge on any atom is 0.324 e. The molecule has 0 N–H and O–H groups in total. The topological polar surface area (TPSA) is 61.8 Å². The second kappa shape index (κ2) is 6.32. The van der Waals surface area contributed by atoms with Gasteiger partial charge in [0.05, 0.1) is 20.3 Å². The van der Waals surface area contributed by atoms with Crippen molar-refractivity contribution in [3.05, 3.63) is 0 Å². The Kier molecular flexibility index (Phi) is 5.50. The van der Waals surface area contributed by atoms with Crippen LogP contribution in [0.3, 0.4) is 0 Å². The molecular formula is C16H30O5Si. The normalized spacial score (nSPS) is 26.5. The lowest BCUT2D eigenvalue weighted by Crippen LogP contribution is -2.55. The monoisotopic (exact) mass is 330 g/mol. The summed E-state index contributed by atoms with van der Waals surface area (Å²) < 4.78 is 15.7. The van der Waals surface area contributed by atoms with Crippen molar-refractivity contribution in [2.24, 2.45) is 16.7 Å². The van der Waals surface area contributed by atoms with Crippen LogP contribution in [0.15, 0.2) is 0 Å². The van der Waals surface area contributed by atoms with Crippen molar-refractivity contribution in [2.75, 3.05) is 21.3 Å². The second-order valence-corrected chi connectivity index (χ2v) is 13.5. The van der Waals surface area contributed by atoms with Gasteiger partial charge >= 0.3 is 11.9 Å². The molecule has 0 aromatic heterocycles. The van der Waals surface area contributed by atoms with Crippen molar-refractivity contribution in [1.29, 1.82) is 0 Å². The molecule has 0 aromatic carbocycles. The number of rotatable bonds is 5. The van der Waals surface area contributed by atoms with Crippen molar-refractivity contribution in [3.63, 3.8) is 0 Å². The van der Waals surface area contributed by atoms with Crippen molar-refractivity contribution in [2.45, 2.75) is 52.1 Å². The number of hydrogen-bond acceptors (Lipinski definition) is 5. The molecule has 0 aliphatic heterocycles. The first-order valence-electron chi connectivity index (χ1n) is 7.68. The molecule has 5 nitrogen and oxygen atoms in total. The minimum Gasteiger partial charge on any atom is -0.468 e. The minimum atomic E-state index is -1.50. The molecule has 0 bridgehead atoms. The second-order valence-electron chi connectivity index (χ2n) is 7.93. The Bertz CT molecular complexity index is 422. The predicted octanol–water partition coefficient (Wildman–Crippen LogP) is 2.72. The van der Waals surface area contributed by atoms with Crippen molar-refractivity contribution in [3.8, 4) is 0 Å². The van der Waals surface area contributed by atoms with E-state index in [0.717, 1.165) is 6.04 Å². The van der Waals surface area contributed by atoms with Crippen LogP contribution in [0.2, 0.25) is 25.7 Å². The third-order valence-electron chi connectivity index (χ3n) is 5.09. The number of esters is 2. The van der Waals surface area contributed by atoms with Crippen LogP contribution in [0, 0.1) is 16.7 Å². The van der Waals surface area contributed by atoms with Crippen LogP contribution in [0.1, 0.15) is 20.3 Å². The molecule has 1 rings (SSSR count). The molecule has 22 heavy (non-hydrogen) atoms. The van der Waals surface area contributed by atoms with E-state index < -0.39 is 30.8 Å². The van der Waals surface area contributed by atoms with Crippen LogP contribution < -0.4 is 0 Å². The van der Waals surface area contributed by atoms with Crippen LogP contribution >= 0.6 is 0 Å². The van der Waals surface area contributed by atoms with Crippen LogP contribution in [-0.4, -0.2) is 47.4 Å². The fourth-order valence-electron chi connectivity index (χ4n) is 4.14. The number of ether oxygens (including phenoxy) is 3. The summed E-state index contributed by atoms with van der Waals surface area (Å²) in [7, 11) is 2.78. The highest BCUT2D eigenvalue weighted by atomic mass is 28.3. The van der Waals surface area contributed by atoms with Gasteiger partial charge in [0.15, 0.2) is 5.41 Å². The van der Waals surface area contributed by atoms with Gasteiger partial charge in [0.25, 0.3) is 0 Å². The molecule has 128 valence electrons. The van der Waals surface area contributed by atoms with Crippen LogP contribution in [0.25, 0.3) is 0 Å². The van der Waals surface area contributed by atoms with Gasteiger partial charge in [-0.15, -0.1) is 0 Å². The van der Waals surface area contributed by atoms with Gasteiger partial charge in [-0.2, -0.15) is 0 Å². The first-order chi connectivity index (χ1) is 9.98. The average molecular weight is 330 g/mol. The molecule has 0 heterocycles. The van der Waals surface area contributed by atoms with Crippen molar-refractivity contribution >= 4 is 20.0 Å². The zero-order valence-electron chi connectivity index (χ0n) is 15.1. The van der Waals surface area contributed by atoms with E-state index in [0.29, 0.717) is 6.42 Å². The van der Waals surface area contributed by atoms with Gasteiger partial charge in [0.2, 0.25) is 0 Å². The predicted molar refractivity (Wildman–Crippen MR) is 87.3 cm³/mol. The van der Waals surface area contributed by atoms with Gasteiger partial charge < -0.3 is 14.2 Å². The van der Waals surface area contributed by atoms with E-state index in [-0.39, 0.29) is 12.0 Å². The van der Waals surface area contributed by atoms with E-state index in [1.54, 1.807) is 7.11 Å². The van der Waals surface area contributed by atoms with Gasteiger partial charge in [-0.3, -0.25) is 9.59 Å². The molecule has 0 unspecified atom stereocenters. The number of carbonyl (C=O) groups excluding carboxylic acids is 2. The molecule has 0 amide bonds. The van der Waals surface area contributed by atoms with E-state index in [1.165, 1.54) is 14.2 Å². The lowest BCUT2D eigenvalue weighted by molar-refractivity contribution is -0.183. The van der Waals surface area contributed by atoms with E-state index in [4.69, 9.17) is 14.2 Å². The third-order valence-corrected chi connectivity index (χ3v) is 6.81. The Hall–Kier alpha value is -0.883. The summed E-state index contributed by atoms with van der Waals surface area (Å²) in [6.07, 6.45) is 0.477. The third kappa shape index (κ3) is 2.83. The first kappa shape index (κ1) is 19.2. The maximum absolute atomic E-state index is 12.7. The smallest absolute Gasteiger partial charge is 0.324 e. The zero-order valence-corrected chi connectivity index (χ0v) is 16.1. The average Bonchev–Trinajstić information content (AvgIpc) is 2.63. The van der Waals surface area contributed by atoms with Gasteiger partial charge in [0, 0.05) is 20.6 Å². The first-order valence-corrected chi connectivity index (χ1v) is 11.4. The SMILES string of the molecule is COC(=O)C1(C(=O)OC)[C@@H](C[Si](C)(C)C)C[C@@H](OC)C1(C)C. The van der Waals surface area contributed by atoms with Crippen LogP contribution in [0.5, 0.6) is 0 Å². The van der Waals surface area contributed by atoms with Gasteiger partial charge in [-0.1, -0.05) is 39.5 Å². The summed E-state index contributed by atoms with van der Waals surface area (Å²) in [4.78, 5) is 25.5. The standard InChI is InChI=1S/C16H30O5Si/c1-15(2)12(19-3)9-11(10-22(6,7)8)16(15,13(17)20-4)14(18)21-5/h11-12H,9-10H2,1-8H3/t11-,12-/m1/s1. The molecule has 1 saturated carbocycles. The van der Waals surface area contributed by atoms with Crippen LogP contribution in [0.4, 0.5) is 0 Å².